The summed E-state index contributed by atoms with van der Waals surface area (Å²) in [4.78, 5) is 12.0. The summed E-state index contributed by atoms with van der Waals surface area (Å²) in [5.41, 5.74) is 4.54. The Morgan fingerprint density at radius 3 is 2.42 bits per heavy atom. The highest BCUT2D eigenvalue weighted by Crippen LogP contribution is 2.09. The van der Waals surface area contributed by atoms with Gasteiger partial charge in [-0.3, -0.25) is 0 Å². The van der Waals surface area contributed by atoms with E-state index in [0.29, 0.717) is 6.54 Å². The summed E-state index contributed by atoms with van der Waals surface area (Å²) >= 11 is 0. The van der Waals surface area contributed by atoms with E-state index in [1.807, 2.05) is 43.3 Å². The molecule has 2 rings (SSSR count). The summed E-state index contributed by atoms with van der Waals surface area (Å²) in [6.07, 6.45) is 1.59. The Labute approximate surface area is 143 Å². The van der Waals surface area contributed by atoms with Crippen LogP contribution in [0.3, 0.4) is 0 Å². The molecule has 0 aliphatic heterocycles. The summed E-state index contributed by atoms with van der Waals surface area (Å²) < 4.78 is 0. The molecular weight excluding hydrogens is 300 g/mol. The number of benzene rings is 2. The monoisotopic (exact) mass is 326 g/mol. The van der Waals surface area contributed by atoms with Gasteiger partial charge >= 0.3 is 6.03 Å². The number of hydrogen-bond donors (Lipinski definition) is 3. The lowest BCUT2D eigenvalue weighted by atomic mass is 10.0. The van der Waals surface area contributed by atoms with E-state index in [0.717, 1.165) is 24.0 Å². The zero-order chi connectivity index (χ0) is 17.4. The summed E-state index contributed by atoms with van der Waals surface area (Å²) in [5.74, 6) is 0. The SMILES string of the molecule is Cc1ccccc1CC(C)NC(=O)NCCc1ccc(CO)cc1. The molecule has 0 aromatic heterocycles. The maximum atomic E-state index is 12.0. The smallest absolute Gasteiger partial charge is 0.315 e. The van der Waals surface area contributed by atoms with Gasteiger partial charge in [-0.2, -0.15) is 0 Å². The third-order valence-electron chi connectivity index (χ3n) is 4.07. The second-order valence-electron chi connectivity index (χ2n) is 6.16. The Morgan fingerprint density at radius 1 is 1.08 bits per heavy atom. The minimum atomic E-state index is -0.136. The fraction of sp³-hybridized carbons (Fsp3) is 0.350. The molecule has 0 saturated carbocycles. The van der Waals surface area contributed by atoms with Gasteiger partial charge in [-0.05, 0) is 48.9 Å². The van der Waals surface area contributed by atoms with Crippen molar-refractivity contribution in [2.45, 2.75) is 39.3 Å². The Kier molecular flexibility index (Phi) is 6.82. The average Bonchev–Trinajstić information content (AvgIpc) is 2.57. The van der Waals surface area contributed by atoms with Crippen LogP contribution in [0.5, 0.6) is 0 Å². The van der Waals surface area contributed by atoms with Gasteiger partial charge in [0.25, 0.3) is 0 Å². The van der Waals surface area contributed by atoms with E-state index in [1.165, 1.54) is 11.1 Å². The minimum absolute atomic E-state index is 0.0553. The molecule has 0 radical (unpaired) electrons. The van der Waals surface area contributed by atoms with E-state index in [2.05, 4.69) is 29.7 Å². The fourth-order valence-corrected chi connectivity index (χ4v) is 2.63. The molecule has 3 N–H and O–H groups in total. The van der Waals surface area contributed by atoms with Gasteiger partial charge in [0.15, 0.2) is 0 Å². The van der Waals surface area contributed by atoms with Gasteiger partial charge in [0, 0.05) is 12.6 Å². The van der Waals surface area contributed by atoms with Crippen LogP contribution in [0.4, 0.5) is 4.79 Å². The third kappa shape index (κ3) is 5.70. The van der Waals surface area contributed by atoms with E-state index in [1.54, 1.807) is 0 Å². The number of urea groups is 1. The van der Waals surface area contributed by atoms with E-state index >= 15 is 0 Å². The van der Waals surface area contributed by atoms with Gasteiger partial charge in [0.05, 0.1) is 6.61 Å². The highest BCUT2D eigenvalue weighted by molar-refractivity contribution is 5.74. The highest BCUT2D eigenvalue weighted by Gasteiger charge is 2.08. The van der Waals surface area contributed by atoms with Crippen molar-refractivity contribution in [3.05, 3.63) is 70.8 Å². The van der Waals surface area contributed by atoms with Crippen LogP contribution in [0, 0.1) is 6.92 Å². The zero-order valence-electron chi connectivity index (χ0n) is 14.4. The predicted octanol–water partition coefficient (Wildman–Crippen LogP) is 2.96. The highest BCUT2D eigenvalue weighted by atomic mass is 16.3. The summed E-state index contributed by atoms with van der Waals surface area (Å²) in [5, 5.41) is 14.9. The zero-order valence-corrected chi connectivity index (χ0v) is 14.4. The van der Waals surface area contributed by atoms with Crippen LogP contribution in [-0.2, 0) is 19.4 Å². The molecule has 0 bridgehead atoms. The first kappa shape index (κ1) is 18.0. The van der Waals surface area contributed by atoms with Crippen molar-refractivity contribution in [1.29, 1.82) is 0 Å². The molecule has 2 aromatic carbocycles. The summed E-state index contributed by atoms with van der Waals surface area (Å²) in [6, 6.07) is 15.9. The number of nitrogens with one attached hydrogen (secondary N) is 2. The minimum Gasteiger partial charge on any atom is -0.392 e. The molecule has 0 fully saturated rings. The molecule has 0 heterocycles. The summed E-state index contributed by atoms with van der Waals surface area (Å²) in [6.45, 7) is 4.74. The van der Waals surface area contributed by atoms with Gasteiger partial charge < -0.3 is 15.7 Å². The van der Waals surface area contributed by atoms with Gasteiger partial charge in [-0.25, -0.2) is 4.79 Å². The van der Waals surface area contributed by atoms with E-state index < -0.39 is 0 Å². The van der Waals surface area contributed by atoms with Crippen LogP contribution in [0.1, 0.15) is 29.2 Å². The van der Waals surface area contributed by atoms with Crippen molar-refractivity contribution in [1.82, 2.24) is 10.6 Å². The molecule has 0 spiro atoms. The largest absolute Gasteiger partial charge is 0.392 e. The number of rotatable bonds is 7. The van der Waals surface area contributed by atoms with Crippen LogP contribution in [0.2, 0.25) is 0 Å². The van der Waals surface area contributed by atoms with E-state index in [9.17, 15) is 4.79 Å². The fourth-order valence-electron chi connectivity index (χ4n) is 2.63. The average molecular weight is 326 g/mol. The lowest BCUT2D eigenvalue weighted by Gasteiger charge is -2.16. The molecule has 128 valence electrons. The molecule has 1 unspecified atom stereocenters. The van der Waals surface area contributed by atoms with E-state index in [-0.39, 0.29) is 18.7 Å². The number of hydrogen-bond acceptors (Lipinski definition) is 2. The van der Waals surface area contributed by atoms with E-state index in [4.69, 9.17) is 5.11 Å². The van der Waals surface area contributed by atoms with Gasteiger partial charge in [-0.1, -0.05) is 48.5 Å². The molecule has 4 nitrogen and oxygen atoms in total. The van der Waals surface area contributed by atoms with Gasteiger partial charge in [0.2, 0.25) is 0 Å². The number of amides is 2. The Hall–Kier alpha value is -2.33. The van der Waals surface area contributed by atoms with Crippen molar-refractivity contribution in [2.75, 3.05) is 6.54 Å². The number of aliphatic hydroxyl groups is 1. The van der Waals surface area contributed by atoms with Crippen LogP contribution in [0.25, 0.3) is 0 Å². The maximum Gasteiger partial charge on any atom is 0.315 e. The lowest BCUT2D eigenvalue weighted by Crippen LogP contribution is -2.42. The number of carbonyl (C=O) groups excluding carboxylic acids is 1. The normalized spacial score (nSPS) is 11.8. The molecule has 24 heavy (non-hydrogen) atoms. The predicted molar refractivity (Wildman–Crippen MR) is 96.9 cm³/mol. The molecular formula is C20H26N2O2. The van der Waals surface area contributed by atoms with Crippen LogP contribution < -0.4 is 10.6 Å². The molecule has 4 heteroatoms. The van der Waals surface area contributed by atoms with Crippen molar-refractivity contribution < 1.29 is 9.90 Å². The van der Waals surface area contributed by atoms with Crippen molar-refractivity contribution in [3.8, 4) is 0 Å². The second-order valence-corrected chi connectivity index (χ2v) is 6.16. The molecule has 2 amide bonds. The molecule has 2 aromatic rings. The first-order valence-electron chi connectivity index (χ1n) is 8.36. The lowest BCUT2D eigenvalue weighted by molar-refractivity contribution is 0.238. The van der Waals surface area contributed by atoms with Crippen LogP contribution in [-0.4, -0.2) is 23.7 Å². The maximum absolute atomic E-state index is 12.0. The molecule has 0 saturated heterocycles. The molecule has 0 aliphatic carbocycles. The Bertz CT molecular complexity index is 653. The van der Waals surface area contributed by atoms with Crippen molar-refractivity contribution >= 4 is 6.03 Å². The van der Waals surface area contributed by atoms with Gasteiger partial charge in [-0.15, -0.1) is 0 Å². The van der Waals surface area contributed by atoms with Crippen molar-refractivity contribution in [2.24, 2.45) is 0 Å². The molecule has 1 atom stereocenters. The third-order valence-corrected chi connectivity index (χ3v) is 4.07. The Balaban J connectivity index is 1.71. The number of aryl methyl sites for hydroxylation is 1. The molecule has 0 aliphatic rings. The van der Waals surface area contributed by atoms with Crippen LogP contribution in [0.15, 0.2) is 48.5 Å². The van der Waals surface area contributed by atoms with Crippen LogP contribution >= 0.6 is 0 Å². The number of aliphatic hydroxyl groups excluding tert-OH is 1. The quantitative estimate of drug-likeness (QED) is 0.732. The van der Waals surface area contributed by atoms with Gasteiger partial charge in [0.1, 0.15) is 0 Å². The summed E-state index contributed by atoms with van der Waals surface area (Å²) in [7, 11) is 0. The first-order valence-corrected chi connectivity index (χ1v) is 8.36. The topological polar surface area (TPSA) is 61.4 Å². The standard InChI is InChI=1S/C20H26N2O2/c1-15-5-3-4-6-19(15)13-16(2)22-20(24)21-12-11-17-7-9-18(14-23)10-8-17/h3-10,16,23H,11-14H2,1-2H3,(H2,21,22,24). The first-order chi connectivity index (χ1) is 11.6. The number of carbonyl (C=O) groups is 1. The van der Waals surface area contributed by atoms with Crippen molar-refractivity contribution in [3.63, 3.8) is 0 Å². The second kappa shape index (κ2) is 9.08. The Morgan fingerprint density at radius 2 is 1.75 bits per heavy atom.